The summed E-state index contributed by atoms with van der Waals surface area (Å²) >= 11 is 1.59. The van der Waals surface area contributed by atoms with Gasteiger partial charge in [0.25, 0.3) is 0 Å². The predicted molar refractivity (Wildman–Crippen MR) is 119 cm³/mol. The smallest absolute Gasteiger partial charge is 0.235 e. The topological polar surface area (TPSA) is 65.4 Å². The Hall–Kier alpha value is -2.93. The van der Waals surface area contributed by atoms with Crippen LogP contribution >= 0.6 is 11.8 Å². The first-order valence-corrected chi connectivity index (χ1v) is 10.8. The van der Waals surface area contributed by atoms with Crippen LogP contribution in [0.15, 0.2) is 42.5 Å². The monoisotopic (exact) mass is 423 g/mol. The summed E-state index contributed by atoms with van der Waals surface area (Å²) in [6, 6.07) is 14.1. The minimum Gasteiger partial charge on any atom is -0.493 e. The van der Waals surface area contributed by atoms with Gasteiger partial charge in [0.05, 0.1) is 23.8 Å². The number of carbonyl (C=O) groups is 1. The summed E-state index contributed by atoms with van der Waals surface area (Å²) in [4.78, 5) is 12.2. The summed E-state index contributed by atoms with van der Waals surface area (Å²) in [5.74, 6) is 2.49. The zero-order valence-corrected chi connectivity index (χ0v) is 18.4. The molecule has 2 aromatic carbocycles. The van der Waals surface area contributed by atoms with Crippen LogP contribution < -0.4 is 14.8 Å². The van der Waals surface area contributed by atoms with Crippen LogP contribution in [0.4, 0.5) is 5.82 Å². The van der Waals surface area contributed by atoms with Crippen molar-refractivity contribution in [3.8, 4) is 11.5 Å². The van der Waals surface area contributed by atoms with Crippen LogP contribution in [0.1, 0.15) is 33.2 Å². The normalized spacial score (nSPS) is 15.9. The zero-order chi connectivity index (χ0) is 21.3. The van der Waals surface area contributed by atoms with Crippen molar-refractivity contribution in [2.45, 2.75) is 25.7 Å². The Morgan fingerprint density at radius 2 is 2.00 bits per heavy atom. The van der Waals surface area contributed by atoms with Gasteiger partial charge in [-0.25, -0.2) is 0 Å². The van der Waals surface area contributed by atoms with Gasteiger partial charge < -0.3 is 14.8 Å². The lowest BCUT2D eigenvalue weighted by Crippen LogP contribution is -2.15. The third-order valence-electron chi connectivity index (χ3n) is 5.30. The van der Waals surface area contributed by atoms with Gasteiger partial charge in [-0.15, -0.1) is 11.8 Å². The average molecular weight is 424 g/mol. The number of aromatic nitrogens is 2. The number of amides is 1. The largest absolute Gasteiger partial charge is 0.493 e. The van der Waals surface area contributed by atoms with Gasteiger partial charge in [0.1, 0.15) is 12.4 Å². The molecule has 1 aromatic heterocycles. The van der Waals surface area contributed by atoms with Crippen LogP contribution in [0, 0.1) is 13.8 Å². The van der Waals surface area contributed by atoms with Crippen LogP contribution in [-0.2, 0) is 18.4 Å². The van der Waals surface area contributed by atoms with Crippen molar-refractivity contribution < 1.29 is 14.3 Å². The van der Waals surface area contributed by atoms with E-state index < -0.39 is 0 Å². The highest BCUT2D eigenvalue weighted by molar-refractivity contribution is 8.00. The Morgan fingerprint density at radius 1 is 1.20 bits per heavy atom. The Balaban J connectivity index is 1.69. The van der Waals surface area contributed by atoms with E-state index >= 15 is 0 Å². The molecular weight excluding hydrogens is 398 g/mol. The number of methoxy groups -OCH3 is 1. The number of benzene rings is 2. The quantitative estimate of drug-likeness (QED) is 0.659. The fourth-order valence-corrected chi connectivity index (χ4v) is 4.88. The van der Waals surface area contributed by atoms with Gasteiger partial charge in [-0.2, -0.15) is 5.10 Å². The third kappa shape index (κ3) is 3.89. The molecular formula is C23H25N3O3S. The number of aryl methyl sites for hydroxylation is 3. The van der Waals surface area contributed by atoms with Gasteiger partial charge in [-0.1, -0.05) is 30.3 Å². The highest BCUT2D eigenvalue weighted by atomic mass is 32.2. The first-order chi connectivity index (χ1) is 14.5. The van der Waals surface area contributed by atoms with Crippen LogP contribution in [0.2, 0.25) is 0 Å². The number of carbonyl (C=O) groups excluding carboxylic acids is 1. The fourth-order valence-electron chi connectivity index (χ4n) is 3.71. The molecule has 0 aliphatic carbocycles. The number of hydrogen-bond acceptors (Lipinski definition) is 5. The molecule has 0 radical (unpaired) electrons. The van der Waals surface area contributed by atoms with Gasteiger partial charge >= 0.3 is 0 Å². The molecule has 0 bridgehead atoms. The van der Waals surface area contributed by atoms with Crippen molar-refractivity contribution in [3.63, 3.8) is 0 Å². The van der Waals surface area contributed by atoms with E-state index in [0.29, 0.717) is 23.9 Å². The second-order valence-corrected chi connectivity index (χ2v) is 8.43. The van der Waals surface area contributed by atoms with Crippen LogP contribution in [-0.4, -0.2) is 28.6 Å². The lowest BCUT2D eigenvalue weighted by molar-refractivity contribution is -0.113. The second-order valence-electron chi connectivity index (χ2n) is 7.34. The number of thioether (sulfide) groups is 1. The fraction of sp³-hybridized carbons (Fsp3) is 0.304. The molecule has 0 saturated heterocycles. The SMILES string of the molecule is COc1ccc([C@@H]2SCC(=O)Nc3c2c(C)nn3C)cc1OCc1ccccc1C. The van der Waals surface area contributed by atoms with E-state index in [9.17, 15) is 4.79 Å². The maximum absolute atomic E-state index is 12.2. The number of ether oxygens (including phenoxy) is 2. The maximum atomic E-state index is 12.2. The first kappa shape index (κ1) is 20.3. The Labute approximate surface area is 180 Å². The standard InChI is InChI=1S/C23H25N3O3S/c1-14-7-5-6-8-17(14)12-29-19-11-16(9-10-18(19)28-4)22-21-15(2)25-26(3)23(21)24-20(27)13-30-22/h5-11,22H,12-13H2,1-4H3,(H,24,27)/t22-/m0/s1. The van der Waals surface area contributed by atoms with E-state index in [1.165, 1.54) is 5.56 Å². The maximum Gasteiger partial charge on any atom is 0.235 e. The average Bonchev–Trinajstić information content (AvgIpc) is 2.90. The summed E-state index contributed by atoms with van der Waals surface area (Å²) in [5, 5.41) is 7.48. The molecule has 30 heavy (non-hydrogen) atoms. The first-order valence-electron chi connectivity index (χ1n) is 9.78. The van der Waals surface area contributed by atoms with E-state index in [1.807, 2.05) is 44.3 Å². The third-order valence-corrected chi connectivity index (χ3v) is 6.57. The van der Waals surface area contributed by atoms with Crippen LogP contribution in [0.5, 0.6) is 11.5 Å². The minimum absolute atomic E-state index is 0.0173. The number of fused-ring (bicyclic) bond motifs is 1. The lowest BCUT2D eigenvalue weighted by atomic mass is 10.0. The van der Waals surface area contributed by atoms with Crippen LogP contribution in [0.3, 0.4) is 0 Å². The van der Waals surface area contributed by atoms with Gasteiger partial charge in [0.2, 0.25) is 5.91 Å². The van der Waals surface area contributed by atoms with Crippen molar-refractivity contribution in [3.05, 3.63) is 70.4 Å². The molecule has 0 fully saturated rings. The Bertz CT molecular complexity index is 1090. The molecule has 0 saturated carbocycles. The molecule has 1 aliphatic heterocycles. The highest BCUT2D eigenvalue weighted by Crippen LogP contribution is 2.45. The highest BCUT2D eigenvalue weighted by Gasteiger charge is 2.30. The minimum atomic E-state index is -0.0284. The second kappa shape index (κ2) is 8.44. The van der Waals surface area contributed by atoms with E-state index in [2.05, 4.69) is 29.5 Å². The Morgan fingerprint density at radius 3 is 2.77 bits per heavy atom. The van der Waals surface area contributed by atoms with E-state index in [1.54, 1.807) is 23.6 Å². The Kier molecular flexibility index (Phi) is 5.72. The van der Waals surface area contributed by atoms with E-state index in [-0.39, 0.29) is 11.2 Å². The number of anilines is 1. The van der Waals surface area contributed by atoms with Gasteiger partial charge in [-0.05, 0) is 42.7 Å². The van der Waals surface area contributed by atoms with Crippen molar-refractivity contribution in [2.75, 3.05) is 18.2 Å². The van der Waals surface area contributed by atoms with Crippen molar-refractivity contribution >= 4 is 23.5 Å². The van der Waals surface area contributed by atoms with Crippen molar-refractivity contribution in [1.82, 2.24) is 9.78 Å². The molecule has 1 amide bonds. The van der Waals surface area contributed by atoms with E-state index in [0.717, 1.165) is 28.2 Å². The summed E-state index contributed by atoms with van der Waals surface area (Å²) in [6.45, 7) is 4.51. The summed E-state index contributed by atoms with van der Waals surface area (Å²) < 4.78 is 13.4. The summed E-state index contributed by atoms with van der Waals surface area (Å²) in [7, 11) is 3.49. The number of nitrogens with one attached hydrogen (secondary N) is 1. The summed E-state index contributed by atoms with van der Waals surface area (Å²) in [6.07, 6.45) is 0. The molecule has 2 heterocycles. The number of hydrogen-bond donors (Lipinski definition) is 1. The van der Waals surface area contributed by atoms with Crippen molar-refractivity contribution in [1.29, 1.82) is 0 Å². The summed E-state index contributed by atoms with van der Waals surface area (Å²) in [5.41, 5.74) is 5.31. The molecule has 0 unspecified atom stereocenters. The molecule has 7 heteroatoms. The zero-order valence-electron chi connectivity index (χ0n) is 17.6. The number of rotatable bonds is 5. The molecule has 1 aliphatic rings. The van der Waals surface area contributed by atoms with Crippen molar-refractivity contribution in [2.24, 2.45) is 7.05 Å². The number of nitrogens with zero attached hydrogens (tertiary/aromatic N) is 2. The molecule has 6 nitrogen and oxygen atoms in total. The van der Waals surface area contributed by atoms with Gasteiger partial charge in [0.15, 0.2) is 11.5 Å². The molecule has 1 atom stereocenters. The van der Waals surface area contributed by atoms with Gasteiger partial charge in [-0.3, -0.25) is 9.48 Å². The molecule has 156 valence electrons. The molecule has 0 spiro atoms. The van der Waals surface area contributed by atoms with Crippen LogP contribution in [0.25, 0.3) is 0 Å². The molecule has 3 aromatic rings. The van der Waals surface area contributed by atoms with Gasteiger partial charge in [0, 0.05) is 12.6 Å². The van der Waals surface area contributed by atoms with E-state index in [4.69, 9.17) is 9.47 Å². The predicted octanol–water partition coefficient (Wildman–Crippen LogP) is 4.40. The molecule has 4 rings (SSSR count). The lowest BCUT2D eigenvalue weighted by Gasteiger charge is -2.18. The molecule has 1 N–H and O–H groups in total.